The van der Waals surface area contributed by atoms with Crippen molar-refractivity contribution < 1.29 is 8.85 Å². The first-order valence-corrected chi connectivity index (χ1v) is 7.16. The molecular weight excluding hydrogens is 215 g/mol. The quantitative estimate of drug-likeness (QED) is 0.517. The minimum atomic E-state index is -1.62. The SMILES string of the molecule is CCC(Cl)O[SiH](C)OC(Cl)CC. The van der Waals surface area contributed by atoms with Gasteiger partial charge in [0.1, 0.15) is 11.1 Å². The number of hydrogen-bond acceptors (Lipinski definition) is 2. The number of alkyl halides is 2. The predicted octanol–water partition coefficient (Wildman–Crippen LogP) is 2.82. The van der Waals surface area contributed by atoms with Crippen molar-refractivity contribution in [2.45, 2.75) is 44.4 Å². The van der Waals surface area contributed by atoms with Crippen LogP contribution in [0.15, 0.2) is 0 Å². The van der Waals surface area contributed by atoms with Gasteiger partial charge in [0.25, 0.3) is 0 Å². The van der Waals surface area contributed by atoms with Crippen LogP contribution in [0.25, 0.3) is 0 Å². The maximum Gasteiger partial charge on any atom is 0.320 e. The highest BCUT2D eigenvalue weighted by Gasteiger charge is 2.14. The molecule has 0 spiro atoms. The van der Waals surface area contributed by atoms with Crippen molar-refractivity contribution in [1.29, 1.82) is 0 Å². The lowest BCUT2D eigenvalue weighted by Crippen LogP contribution is -2.26. The van der Waals surface area contributed by atoms with Crippen LogP contribution in [0.5, 0.6) is 0 Å². The van der Waals surface area contributed by atoms with Gasteiger partial charge in [0.05, 0.1) is 0 Å². The van der Waals surface area contributed by atoms with Crippen molar-refractivity contribution in [2.24, 2.45) is 0 Å². The monoisotopic (exact) mass is 230 g/mol. The summed E-state index contributed by atoms with van der Waals surface area (Å²) in [7, 11) is -1.62. The molecule has 0 bridgehead atoms. The molecule has 0 fully saturated rings. The summed E-state index contributed by atoms with van der Waals surface area (Å²) in [6.45, 7) is 5.86. The Morgan fingerprint density at radius 3 is 1.67 bits per heavy atom. The summed E-state index contributed by atoms with van der Waals surface area (Å²) in [4.78, 5) is 0. The van der Waals surface area contributed by atoms with E-state index in [1.165, 1.54) is 0 Å². The highest BCUT2D eigenvalue weighted by Crippen LogP contribution is 2.10. The van der Waals surface area contributed by atoms with Crippen molar-refractivity contribution in [3.63, 3.8) is 0 Å². The molecular formula is C7H16Cl2O2Si. The van der Waals surface area contributed by atoms with Crippen molar-refractivity contribution in [1.82, 2.24) is 0 Å². The van der Waals surface area contributed by atoms with E-state index in [2.05, 4.69) is 0 Å². The highest BCUT2D eigenvalue weighted by atomic mass is 35.5. The Morgan fingerprint density at radius 1 is 1.08 bits per heavy atom. The Kier molecular flexibility index (Phi) is 7.58. The van der Waals surface area contributed by atoms with Crippen LogP contribution in [0.3, 0.4) is 0 Å². The van der Waals surface area contributed by atoms with Crippen LogP contribution in [0.1, 0.15) is 26.7 Å². The van der Waals surface area contributed by atoms with Crippen molar-refractivity contribution in [2.75, 3.05) is 0 Å². The number of rotatable bonds is 6. The lowest BCUT2D eigenvalue weighted by molar-refractivity contribution is 0.166. The average Bonchev–Trinajstić information content (AvgIpc) is 2.03. The molecule has 0 aromatic carbocycles. The van der Waals surface area contributed by atoms with Crippen molar-refractivity contribution in [3.05, 3.63) is 0 Å². The molecule has 0 saturated carbocycles. The molecule has 5 heteroatoms. The van der Waals surface area contributed by atoms with Crippen LogP contribution in [0.4, 0.5) is 0 Å². The Bertz CT molecular complexity index is 104. The molecule has 0 aliphatic heterocycles. The molecule has 0 aliphatic carbocycles. The maximum absolute atomic E-state index is 5.78. The minimum absolute atomic E-state index is 0.229. The van der Waals surface area contributed by atoms with E-state index in [4.69, 9.17) is 32.1 Å². The van der Waals surface area contributed by atoms with E-state index in [1.807, 2.05) is 20.4 Å². The second kappa shape index (κ2) is 7.15. The fourth-order valence-corrected chi connectivity index (χ4v) is 2.79. The molecule has 0 aromatic rings. The Hall–Kier alpha value is 0.717. The molecule has 0 amide bonds. The fourth-order valence-electron chi connectivity index (χ4n) is 0.640. The predicted molar refractivity (Wildman–Crippen MR) is 55.0 cm³/mol. The van der Waals surface area contributed by atoms with Crippen LogP contribution in [0, 0.1) is 0 Å². The molecule has 0 heterocycles. The summed E-state index contributed by atoms with van der Waals surface area (Å²) in [5.74, 6) is 0. The standard InChI is InChI=1S/C7H16Cl2O2Si/c1-4-6(8)10-12(3)11-7(9)5-2/h6-7,12H,4-5H2,1-3H3. The van der Waals surface area contributed by atoms with Crippen LogP contribution < -0.4 is 0 Å². The smallest absolute Gasteiger partial charge is 0.320 e. The van der Waals surface area contributed by atoms with Gasteiger partial charge in [-0.15, -0.1) is 0 Å². The Morgan fingerprint density at radius 2 is 1.42 bits per heavy atom. The molecule has 0 saturated heterocycles. The van der Waals surface area contributed by atoms with Gasteiger partial charge in [0.15, 0.2) is 0 Å². The van der Waals surface area contributed by atoms with E-state index in [-0.39, 0.29) is 11.1 Å². The van der Waals surface area contributed by atoms with E-state index in [0.717, 1.165) is 12.8 Å². The van der Waals surface area contributed by atoms with Gasteiger partial charge in [-0.1, -0.05) is 37.0 Å². The average molecular weight is 231 g/mol. The van der Waals surface area contributed by atoms with Gasteiger partial charge < -0.3 is 8.85 Å². The minimum Gasteiger partial charge on any atom is -0.380 e. The normalized spacial score (nSPS) is 18.8. The molecule has 0 rings (SSSR count). The summed E-state index contributed by atoms with van der Waals surface area (Å²) in [6.07, 6.45) is 1.59. The molecule has 74 valence electrons. The second-order valence-electron chi connectivity index (χ2n) is 2.48. The zero-order valence-electron chi connectivity index (χ0n) is 7.72. The molecule has 2 nitrogen and oxygen atoms in total. The summed E-state index contributed by atoms with van der Waals surface area (Å²) in [5.41, 5.74) is -0.459. The second-order valence-corrected chi connectivity index (χ2v) is 5.13. The van der Waals surface area contributed by atoms with Crippen LogP contribution in [0.2, 0.25) is 6.55 Å². The van der Waals surface area contributed by atoms with E-state index < -0.39 is 9.28 Å². The number of hydrogen-bond donors (Lipinski definition) is 0. The fraction of sp³-hybridized carbons (Fsp3) is 1.00. The first-order valence-electron chi connectivity index (χ1n) is 4.19. The molecule has 12 heavy (non-hydrogen) atoms. The molecule has 0 N–H and O–H groups in total. The zero-order valence-corrected chi connectivity index (χ0v) is 10.4. The van der Waals surface area contributed by atoms with Crippen LogP contribution in [-0.4, -0.2) is 20.4 Å². The van der Waals surface area contributed by atoms with E-state index in [0.29, 0.717) is 0 Å². The molecule has 0 aliphatic rings. The Balaban J connectivity index is 3.51. The van der Waals surface area contributed by atoms with Gasteiger partial charge in [-0.2, -0.15) is 0 Å². The Labute approximate surface area is 86.0 Å². The zero-order chi connectivity index (χ0) is 9.56. The van der Waals surface area contributed by atoms with E-state index >= 15 is 0 Å². The van der Waals surface area contributed by atoms with Crippen LogP contribution >= 0.6 is 23.2 Å². The third-order valence-corrected chi connectivity index (χ3v) is 3.91. The van der Waals surface area contributed by atoms with Gasteiger partial charge in [-0.3, -0.25) is 0 Å². The summed E-state index contributed by atoms with van der Waals surface area (Å²) in [6, 6.07) is 0. The van der Waals surface area contributed by atoms with Gasteiger partial charge in [-0.25, -0.2) is 0 Å². The summed E-state index contributed by atoms with van der Waals surface area (Å²) in [5, 5.41) is 0. The topological polar surface area (TPSA) is 18.5 Å². The molecule has 0 radical (unpaired) electrons. The first kappa shape index (κ1) is 12.7. The summed E-state index contributed by atoms with van der Waals surface area (Å²) >= 11 is 11.6. The van der Waals surface area contributed by atoms with Gasteiger partial charge in [-0.05, 0) is 19.4 Å². The maximum atomic E-state index is 5.78. The number of halogens is 2. The molecule has 2 atom stereocenters. The van der Waals surface area contributed by atoms with E-state index in [1.54, 1.807) is 0 Å². The van der Waals surface area contributed by atoms with Crippen molar-refractivity contribution >= 4 is 32.5 Å². The lowest BCUT2D eigenvalue weighted by Gasteiger charge is -2.18. The molecule has 0 aromatic heterocycles. The van der Waals surface area contributed by atoms with Gasteiger partial charge in [0.2, 0.25) is 0 Å². The largest absolute Gasteiger partial charge is 0.380 e. The first-order chi connectivity index (χ1) is 5.60. The third-order valence-electron chi connectivity index (χ3n) is 1.32. The van der Waals surface area contributed by atoms with Gasteiger partial charge in [0, 0.05) is 0 Å². The van der Waals surface area contributed by atoms with Crippen molar-refractivity contribution in [3.8, 4) is 0 Å². The van der Waals surface area contributed by atoms with Gasteiger partial charge >= 0.3 is 9.28 Å². The van der Waals surface area contributed by atoms with E-state index in [9.17, 15) is 0 Å². The molecule has 2 unspecified atom stereocenters. The van der Waals surface area contributed by atoms with Crippen LogP contribution in [-0.2, 0) is 8.85 Å². The highest BCUT2D eigenvalue weighted by molar-refractivity contribution is 6.44. The summed E-state index contributed by atoms with van der Waals surface area (Å²) < 4.78 is 10.7. The lowest BCUT2D eigenvalue weighted by atomic mass is 10.5. The third kappa shape index (κ3) is 6.26.